The van der Waals surface area contributed by atoms with E-state index in [0.717, 1.165) is 61.8 Å². The standard InChI is InChI=1S/C75H75BN2/c1-46-38-67-69-68(39-46)78(64-37-35-50(71(5,6)7)41-52(64)48-28-20-17-21-29-48)66-45-60-58(73(10,11)54-31-23-25-33-56(54)75(60,14)15)43-62(66)76(69)61-42-57-59(74(12,13)55-32-24-22-30-53(55)72(57,8)9)44-65(61)77(67)63-36-34-49(70(2,3)4)40-51(63)47-26-18-16-19-27-47/h16-45H,1-15H3/i1D3. The summed E-state index contributed by atoms with van der Waals surface area (Å²) in [7, 11) is 0. The van der Waals surface area contributed by atoms with E-state index in [1.165, 1.54) is 66.6 Å². The molecule has 9 aromatic carbocycles. The molecule has 2 aliphatic carbocycles. The molecule has 0 unspecified atom stereocenters. The summed E-state index contributed by atoms with van der Waals surface area (Å²) in [6, 6.07) is 68.0. The molecule has 2 aliphatic heterocycles. The number of aryl methyl sites for hydroxylation is 1. The molecule has 2 nitrogen and oxygen atoms in total. The van der Waals surface area contributed by atoms with Crippen LogP contribution in [-0.2, 0) is 32.5 Å². The van der Waals surface area contributed by atoms with Crippen LogP contribution < -0.4 is 26.2 Å². The Morgan fingerprint density at radius 1 is 0.346 bits per heavy atom. The number of hydrogen-bond donors (Lipinski definition) is 0. The molecule has 13 rings (SSSR count). The Hall–Kier alpha value is -7.36. The molecule has 0 bridgehead atoms. The van der Waals surface area contributed by atoms with Gasteiger partial charge in [-0.2, -0.15) is 0 Å². The van der Waals surface area contributed by atoms with E-state index in [2.05, 4.69) is 277 Å². The molecule has 388 valence electrons. The van der Waals surface area contributed by atoms with Crippen LogP contribution >= 0.6 is 0 Å². The Labute approximate surface area is 470 Å². The van der Waals surface area contributed by atoms with Gasteiger partial charge in [-0.1, -0.05) is 230 Å². The summed E-state index contributed by atoms with van der Waals surface area (Å²) in [6.07, 6.45) is 0. The molecular formula is C75H75BN2. The van der Waals surface area contributed by atoms with Gasteiger partial charge in [0.2, 0.25) is 0 Å². The van der Waals surface area contributed by atoms with Gasteiger partial charge in [-0.25, -0.2) is 0 Å². The molecule has 0 fully saturated rings. The Morgan fingerprint density at radius 3 is 1.01 bits per heavy atom. The second kappa shape index (κ2) is 16.8. The van der Waals surface area contributed by atoms with Gasteiger partial charge < -0.3 is 9.80 Å². The van der Waals surface area contributed by atoms with E-state index >= 15 is 0 Å². The first-order valence-electron chi connectivity index (χ1n) is 29.9. The molecule has 78 heavy (non-hydrogen) atoms. The van der Waals surface area contributed by atoms with Crippen LogP contribution in [0, 0.1) is 6.85 Å². The minimum absolute atomic E-state index is 0.138. The third-order valence-electron chi connectivity index (χ3n) is 19.0. The Balaban J connectivity index is 1.23. The van der Waals surface area contributed by atoms with Gasteiger partial charge in [0.15, 0.2) is 0 Å². The fraction of sp³-hybridized carbons (Fsp3) is 0.280. The minimum atomic E-state index is -2.45. The summed E-state index contributed by atoms with van der Waals surface area (Å²) >= 11 is 0. The lowest BCUT2D eigenvalue weighted by molar-refractivity contribution is 0.521. The molecule has 0 atom stereocenters. The van der Waals surface area contributed by atoms with Crippen LogP contribution in [0.2, 0.25) is 0 Å². The topological polar surface area (TPSA) is 6.48 Å². The summed E-state index contributed by atoms with van der Waals surface area (Å²) in [5, 5.41) is 0. The van der Waals surface area contributed by atoms with E-state index in [4.69, 9.17) is 0 Å². The predicted octanol–water partition coefficient (Wildman–Crippen LogP) is 17.9. The quantitative estimate of drug-likeness (QED) is 0.162. The molecule has 0 radical (unpaired) electrons. The van der Waals surface area contributed by atoms with E-state index in [9.17, 15) is 4.11 Å². The lowest BCUT2D eigenvalue weighted by Crippen LogP contribution is -2.62. The number of benzene rings is 9. The van der Waals surface area contributed by atoms with Crippen LogP contribution in [0.25, 0.3) is 22.3 Å². The van der Waals surface area contributed by atoms with Crippen LogP contribution in [0.4, 0.5) is 34.1 Å². The van der Waals surface area contributed by atoms with Crippen molar-refractivity contribution >= 4 is 57.2 Å². The zero-order valence-electron chi connectivity index (χ0n) is 51.3. The summed E-state index contributed by atoms with van der Waals surface area (Å²) in [4.78, 5) is 4.95. The average molecular weight is 1020 g/mol. The second-order valence-electron chi connectivity index (χ2n) is 27.2. The number of anilines is 6. The summed E-state index contributed by atoms with van der Waals surface area (Å²) in [5.41, 5.74) is 25.5. The van der Waals surface area contributed by atoms with Crippen LogP contribution in [-0.4, -0.2) is 6.71 Å². The van der Waals surface area contributed by atoms with Gasteiger partial charge in [-0.3, -0.25) is 0 Å². The van der Waals surface area contributed by atoms with Crippen LogP contribution in [0.1, 0.15) is 162 Å². The highest BCUT2D eigenvalue weighted by atomic mass is 15.2. The summed E-state index contributed by atoms with van der Waals surface area (Å²) in [6.45, 7) is 30.2. The van der Waals surface area contributed by atoms with E-state index < -0.39 is 6.85 Å². The first-order valence-corrected chi connectivity index (χ1v) is 28.4. The van der Waals surface area contributed by atoms with Crippen molar-refractivity contribution in [3.05, 3.63) is 243 Å². The van der Waals surface area contributed by atoms with Crippen molar-refractivity contribution in [2.75, 3.05) is 9.80 Å². The lowest BCUT2D eigenvalue weighted by Gasteiger charge is -2.50. The van der Waals surface area contributed by atoms with Crippen LogP contribution in [0.15, 0.2) is 182 Å². The number of hydrogen-bond acceptors (Lipinski definition) is 2. The molecule has 0 saturated carbocycles. The largest absolute Gasteiger partial charge is 0.311 e. The third kappa shape index (κ3) is 7.22. The Bertz CT molecular complexity index is 3820. The van der Waals surface area contributed by atoms with Gasteiger partial charge >= 0.3 is 0 Å². The van der Waals surface area contributed by atoms with Crippen LogP contribution in [0.5, 0.6) is 0 Å². The molecule has 9 aromatic rings. The Kier molecular flexibility index (Phi) is 10.1. The summed E-state index contributed by atoms with van der Waals surface area (Å²) in [5.74, 6) is 0. The van der Waals surface area contributed by atoms with Crippen molar-refractivity contribution in [3.8, 4) is 22.3 Å². The van der Waals surface area contributed by atoms with Crippen molar-refractivity contribution in [2.45, 2.75) is 136 Å². The van der Waals surface area contributed by atoms with E-state index in [1.54, 1.807) is 0 Å². The smallest absolute Gasteiger partial charge is 0.252 e. The molecule has 3 heteroatoms. The van der Waals surface area contributed by atoms with Gasteiger partial charge in [0.25, 0.3) is 6.71 Å². The van der Waals surface area contributed by atoms with Gasteiger partial charge in [-0.05, 0) is 155 Å². The number of nitrogens with zero attached hydrogens (tertiary/aromatic N) is 2. The molecule has 2 heterocycles. The van der Waals surface area contributed by atoms with Gasteiger partial charge in [0.05, 0.1) is 11.4 Å². The van der Waals surface area contributed by atoms with E-state index in [-0.39, 0.29) is 39.2 Å². The predicted molar refractivity (Wildman–Crippen MR) is 335 cm³/mol. The SMILES string of the molecule is [2H]C([2H])([2H])c1cc2c3c(c1)N(c1ccc(C(C)(C)C)cc1-c1ccccc1)c1cc4c(cc1B3c1cc3c(cc1N2c1ccc(C(C)(C)C)cc1-c1ccccc1)C(C)(C)c1ccccc1C3(C)C)C(C)(C)c1ccccc1C4(C)C. The van der Waals surface area contributed by atoms with Gasteiger partial charge in [0, 0.05) is 59.6 Å². The molecular weight excluding hydrogens is 940 g/mol. The van der Waals surface area contributed by atoms with Crippen molar-refractivity contribution in [1.82, 2.24) is 0 Å². The van der Waals surface area contributed by atoms with Crippen molar-refractivity contribution in [1.29, 1.82) is 0 Å². The van der Waals surface area contributed by atoms with Crippen molar-refractivity contribution in [2.24, 2.45) is 0 Å². The fourth-order valence-electron chi connectivity index (χ4n) is 14.5. The molecule has 0 amide bonds. The first-order chi connectivity index (χ1) is 38.1. The maximum absolute atomic E-state index is 9.48. The normalized spacial score (nSPS) is 17.5. The number of fused-ring (bicyclic) bond motifs is 8. The number of rotatable bonds is 4. The average Bonchev–Trinajstić information content (AvgIpc) is 3.44. The Morgan fingerprint density at radius 2 is 0.679 bits per heavy atom. The maximum Gasteiger partial charge on any atom is 0.252 e. The molecule has 4 aliphatic rings. The van der Waals surface area contributed by atoms with Crippen molar-refractivity contribution < 1.29 is 4.11 Å². The van der Waals surface area contributed by atoms with E-state index in [0.29, 0.717) is 5.56 Å². The van der Waals surface area contributed by atoms with Gasteiger partial charge in [-0.15, -0.1) is 0 Å². The molecule has 0 spiro atoms. The third-order valence-corrected chi connectivity index (χ3v) is 19.0. The zero-order chi connectivity index (χ0) is 57.3. The highest BCUT2D eigenvalue weighted by Crippen LogP contribution is 2.56. The first kappa shape index (κ1) is 46.7. The second-order valence-corrected chi connectivity index (χ2v) is 27.2. The maximum atomic E-state index is 9.48. The fourth-order valence-corrected chi connectivity index (χ4v) is 14.5. The monoisotopic (exact) mass is 1020 g/mol. The highest BCUT2D eigenvalue weighted by molar-refractivity contribution is 7.00. The minimum Gasteiger partial charge on any atom is -0.311 e. The van der Waals surface area contributed by atoms with Gasteiger partial charge in [0.1, 0.15) is 0 Å². The molecule has 0 N–H and O–H groups in total. The van der Waals surface area contributed by atoms with E-state index in [1.807, 2.05) is 12.1 Å². The molecule has 0 saturated heterocycles. The van der Waals surface area contributed by atoms with Crippen molar-refractivity contribution in [3.63, 3.8) is 0 Å². The highest BCUT2D eigenvalue weighted by Gasteiger charge is 2.50. The lowest BCUT2D eigenvalue weighted by atomic mass is 9.32. The molecule has 0 aromatic heterocycles. The zero-order valence-corrected chi connectivity index (χ0v) is 48.3. The van der Waals surface area contributed by atoms with Crippen LogP contribution in [0.3, 0.4) is 0 Å². The summed E-state index contributed by atoms with van der Waals surface area (Å²) < 4.78 is 28.5.